The van der Waals surface area contributed by atoms with Gasteiger partial charge in [0.05, 0.1) is 25.3 Å². The fraction of sp³-hybridized carbons (Fsp3) is 0.500. The molecule has 1 saturated heterocycles. The number of aliphatic hydroxyl groups is 2. The third-order valence-corrected chi connectivity index (χ3v) is 2.97. The molecule has 8 nitrogen and oxygen atoms in total. The summed E-state index contributed by atoms with van der Waals surface area (Å²) in [6, 6.07) is 0. The third kappa shape index (κ3) is 1.62. The average Bonchev–Trinajstić information content (AvgIpc) is 2.89. The van der Waals surface area contributed by atoms with E-state index in [9.17, 15) is 5.11 Å². The van der Waals surface area contributed by atoms with Crippen molar-refractivity contribution in [3.05, 3.63) is 18.1 Å². The molecule has 0 radical (unpaired) electrons. The van der Waals surface area contributed by atoms with Gasteiger partial charge in [-0.3, -0.25) is 9.98 Å². The molecule has 2 aromatic rings. The number of nitrogens with zero attached hydrogens (tertiary/aromatic N) is 3. The van der Waals surface area contributed by atoms with E-state index in [0.717, 1.165) is 0 Å². The lowest BCUT2D eigenvalue weighted by molar-refractivity contribution is -0.0432. The van der Waals surface area contributed by atoms with Gasteiger partial charge in [-0.05, 0) is 0 Å². The molecular formula is C10H13N5O3. The standard InChI is InChI=1S/C10H13N5O3/c11-9-8-10(13-3-12-9)15(4-14-8)7-1-5(17)6(2-16)18-7/h3-7,16-17H,1-2H2,(H2,11,12,13)/t5-,6+,7+/m0/s1/i3D,4D. The van der Waals surface area contributed by atoms with Crippen LogP contribution in [0.2, 0.25) is 0 Å². The van der Waals surface area contributed by atoms with Crippen molar-refractivity contribution in [3.63, 3.8) is 0 Å². The Kier molecular flexibility index (Phi) is 2.13. The summed E-state index contributed by atoms with van der Waals surface area (Å²) >= 11 is 0. The molecule has 0 saturated carbocycles. The van der Waals surface area contributed by atoms with Gasteiger partial charge in [0.2, 0.25) is 0 Å². The fourth-order valence-corrected chi connectivity index (χ4v) is 2.04. The van der Waals surface area contributed by atoms with Gasteiger partial charge < -0.3 is 19.9 Å². The minimum atomic E-state index is -0.838. The van der Waals surface area contributed by atoms with E-state index in [1.54, 1.807) is 0 Å². The van der Waals surface area contributed by atoms with Crippen LogP contribution in [0, 0.1) is 5.41 Å². The van der Waals surface area contributed by atoms with Crippen LogP contribution in [-0.2, 0) is 4.74 Å². The molecule has 8 heteroatoms. The molecule has 2 aromatic heterocycles. The maximum absolute atomic E-state index is 9.75. The first-order chi connectivity index (χ1) is 9.51. The summed E-state index contributed by atoms with van der Waals surface area (Å²) in [5.41, 5.74) is 0.237. The highest BCUT2D eigenvalue weighted by atomic mass is 16.5. The van der Waals surface area contributed by atoms with E-state index in [1.807, 2.05) is 0 Å². The molecule has 1 fully saturated rings. The van der Waals surface area contributed by atoms with E-state index >= 15 is 0 Å². The van der Waals surface area contributed by atoms with Crippen molar-refractivity contribution >= 4 is 11.2 Å². The number of hydrogen-bond acceptors (Lipinski definition) is 6. The summed E-state index contributed by atoms with van der Waals surface area (Å²) in [5.74, 6) is 0. The largest absolute Gasteiger partial charge is 0.394 e. The predicted octanol–water partition coefficient (Wildman–Crippen LogP) is -1.12. The van der Waals surface area contributed by atoms with E-state index in [-0.39, 0.29) is 42.3 Å². The number of imidazole rings is 1. The smallest absolute Gasteiger partial charge is 0.176 e. The second-order valence-electron chi connectivity index (χ2n) is 4.09. The lowest BCUT2D eigenvalue weighted by atomic mass is 10.2. The van der Waals surface area contributed by atoms with Crippen molar-refractivity contribution in [2.75, 3.05) is 6.61 Å². The molecule has 0 aliphatic carbocycles. The van der Waals surface area contributed by atoms with Crippen molar-refractivity contribution in [1.29, 1.82) is 5.41 Å². The predicted molar refractivity (Wildman–Crippen MR) is 59.4 cm³/mol. The molecule has 18 heavy (non-hydrogen) atoms. The molecule has 3 heterocycles. The molecule has 1 aliphatic heterocycles. The minimum Gasteiger partial charge on any atom is -0.394 e. The lowest BCUT2D eigenvalue weighted by Gasteiger charge is -2.13. The van der Waals surface area contributed by atoms with Crippen LogP contribution in [0.15, 0.2) is 12.6 Å². The minimum absolute atomic E-state index is 0.159. The van der Waals surface area contributed by atoms with Gasteiger partial charge in [0.1, 0.15) is 26.2 Å². The van der Waals surface area contributed by atoms with Gasteiger partial charge in [-0.25, -0.2) is 9.97 Å². The van der Waals surface area contributed by atoms with Gasteiger partial charge in [-0.1, -0.05) is 0 Å². The second kappa shape index (κ2) is 4.16. The van der Waals surface area contributed by atoms with E-state index in [2.05, 4.69) is 15.0 Å². The summed E-state index contributed by atoms with van der Waals surface area (Å²) in [7, 11) is 0. The molecule has 0 unspecified atom stereocenters. The van der Waals surface area contributed by atoms with Crippen LogP contribution in [0.5, 0.6) is 0 Å². The van der Waals surface area contributed by atoms with E-state index in [0.29, 0.717) is 0 Å². The SMILES string of the molecule is [2H]c1nc(=N)c2nc([2H])n([C@H]3C[C@H](O)[C@@H](CO)O3)c2[nH]1. The van der Waals surface area contributed by atoms with Crippen molar-refractivity contribution in [3.8, 4) is 0 Å². The number of ether oxygens (including phenoxy) is 1. The number of rotatable bonds is 2. The highest BCUT2D eigenvalue weighted by molar-refractivity contribution is 5.68. The molecule has 1 aliphatic rings. The number of hydrogen-bond donors (Lipinski definition) is 4. The van der Waals surface area contributed by atoms with Crippen molar-refractivity contribution < 1.29 is 17.7 Å². The molecule has 3 atom stereocenters. The Morgan fingerprint density at radius 2 is 2.50 bits per heavy atom. The quantitative estimate of drug-likeness (QED) is 0.540. The number of fused-ring (bicyclic) bond motifs is 1. The van der Waals surface area contributed by atoms with Crippen LogP contribution in [0.25, 0.3) is 11.2 Å². The first-order valence-electron chi connectivity index (χ1n) is 6.45. The van der Waals surface area contributed by atoms with Gasteiger partial charge in [0, 0.05) is 6.42 Å². The summed E-state index contributed by atoms with van der Waals surface area (Å²) in [6.45, 7) is -0.323. The maximum atomic E-state index is 9.75. The van der Waals surface area contributed by atoms with Crippen molar-refractivity contribution in [2.24, 2.45) is 0 Å². The first-order valence-corrected chi connectivity index (χ1v) is 5.45. The monoisotopic (exact) mass is 253 g/mol. The summed E-state index contributed by atoms with van der Waals surface area (Å²) in [4.78, 5) is 10.2. The van der Waals surface area contributed by atoms with Crippen molar-refractivity contribution in [1.82, 2.24) is 19.5 Å². The first kappa shape index (κ1) is 9.20. The highest BCUT2D eigenvalue weighted by Gasteiger charge is 2.35. The zero-order valence-corrected chi connectivity index (χ0v) is 9.29. The average molecular weight is 253 g/mol. The van der Waals surface area contributed by atoms with E-state index in [4.69, 9.17) is 18.0 Å². The van der Waals surface area contributed by atoms with Gasteiger partial charge in [0.15, 0.2) is 5.49 Å². The summed E-state index contributed by atoms with van der Waals surface area (Å²) in [6.07, 6.45) is -2.43. The van der Waals surface area contributed by atoms with Crippen LogP contribution < -0.4 is 5.49 Å². The molecule has 0 spiro atoms. The number of H-pyrrole nitrogens is 1. The topological polar surface area (TPSA) is 120 Å². The van der Waals surface area contributed by atoms with Crippen LogP contribution in [-0.4, -0.2) is 48.5 Å². The molecule has 4 N–H and O–H groups in total. The number of aromatic nitrogens is 4. The Labute approximate surface area is 104 Å². The Hall–Kier alpha value is -1.77. The maximum Gasteiger partial charge on any atom is 0.176 e. The molecule has 0 amide bonds. The molecule has 3 rings (SSSR count). The zero-order valence-electron chi connectivity index (χ0n) is 11.3. The second-order valence-corrected chi connectivity index (χ2v) is 4.09. The Bertz CT molecular complexity index is 715. The molecule has 0 bridgehead atoms. The van der Waals surface area contributed by atoms with Crippen molar-refractivity contribution in [2.45, 2.75) is 24.9 Å². The van der Waals surface area contributed by atoms with Crippen LogP contribution in [0.1, 0.15) is 15.4 Å². The van der Waals surface area contributed by atoms with Gasteiger partial charge in [-0.15, -0.1) is 0 Å². The fourth-order valence-electron chi connectivity index (χ4n) is 2.04. The third-order valence-electron chi connectivity index (χ3n) is 2.97. The lowest BCUT2D eigenvalue weighted by Crippen LogP contribution is -2.24. The number of aliphatic hydroxyl groups excluding tert-OH is 2. The van der Waals surface area contributed by atoms with Gasteiger partial charge >= 0.3 is 0 Å². The van der Waals surface area contributed by atoms with Crippen LogP contribution in [0.3, 0.4) is 0 Å². The molecule has 0 aromatic carbocycles. The molecule has 96 valence electrons. The molecular weight excluding hydrogens is 238 g/mol. The van der Waals surface area contributed by atoms with Crippen LogP contribution in [0.4, 0.5) is 0 Å². The highest BCUT2D eigenvalue weighted by Crippen LogP contribution is 2.29. The Balaban J connectivity index is 2.13. The van der Waals surface area contributed by atoms with E-state index in [1.165, 1.54) is 4.57 Å². The Morgan fingerprint density at radius 3 is 3.22 bits per heavy atom. The number of aromatic amines is 1. The van der Waals surface area contributed by atoms with Gasteiger partial charge in [-0.2, -0.15) is 0 Å². The Morgan fingerprint density at radius 1 is 1.67 bits per heavy atom. The summed E-state index contributed by atoms with van der Waals surface area (Å²) in [5, 5.41) is 26.5. The van der Waals surface area contributed by atoms with Crippen LogP contribution >= 0.6 is 0 Å². The van der Waals surface area contributed by atoms with Gasteiger partial charge in [0.25, 0.3) is 0 Å². The normalized spacial score (nSPS) is 29.6. The summed E-state index contributed by atoms with van der Waals surface area (Å²) < 4.78 is 22.2. The number of nitrogens with one attached hydrogen (secondary N) is 2. The zero-order chi connectivity index (χ0) is 14.4. The van der Waals surface area contributed by atoms with E-state index < -0.39 is 18.4 Å².